The van der Waals surface area contributed by atoms with Gasteiger partial charge in [-0.15, -0.1) is 0 Å². The van der Waals surface area contributed by atoms with E-state index < -0.39 is 0 Å². The number of nitrogens with zero attached hydrogens (tertiary/aromatic N) is 1. The average molecular weight is 205 g/mol. The summed E-state index contributed by atoms with van der Waals surface area (Å²) in [5.41, 5.74) is 0.561. The predicted octanol–water partition coefficient (Wildman–Crippen LogP) is 3.03. The van der Waals surface area contributed by atoms with Gasteiger partial charge in [0.2, 0.25) is 0 Å². The molecule has 1 heterocycles. The maximum Gasteiger partial charge on any atom is 0.0509 e. The summed E-state index contributed by atoms with van der Waals surface area (Å²) >= 11 is 6.09. The molecule has 0 amide bonds. The standard InChI is InChI=1S/C9H19NS2/c1-9(2)4-3-6-10(7-5-9)12-8-11/h11H,3-8H2,1-2H3. The third-order valence-corrected chi connectivity index (χ3v) is 3.73. The van der Waals surface area contributed by atoms with Crippen LogP contribution in [-0.2, 0) is 0 Å². The molecule has 1 rings (SSSR count). The van der Waals surface area contributed by atoms with Gasteiger partial charge >= 0.3 is 0 Å². The molecule has 1 nitrogen and oxygen atoms in total. The van der Waals surface area contributed by atoms with E-state index in [-0.39, 0.29) is 0 Å². The largest absolute Gasteiger partial charge is 0.250 e. The minimum Gasteiger partial charge on any atom is -0.250 e. The van der Waals surface area contributed by atoms with E-state index in [1.54, 1.807) is 0 Å². The summed E-state index contributed by atoms with van der Waals surface area (Å²) in [4.78, 5) is 0. The van der Waals surface area contributed by atoms with E-state index in [1.165, 1.54) is 32.4 Å². The van der Waals surface area contributed by atoms with Crippen molar-refractivity contribution >= 4 is 24.6 Å². The zero-order chi connectivity index (χ0) is 9.03. The molecule has 0 aromatic rings. The van der Waals surface area contributed by atoms with Gasteiger partial charge in [-0.1, -0.05) is 25.8 Å². The number of thiol groups is 1. The predicted molar refractivity (Wildman–Crippen MR) is 60.6 cm³/mol. The fourth-order valence-corrected chi connectivity index (χ4v) is 2.74. The van der Waals surface area contributed by atoms with Crippen molar-refractivity contribution in [2.45, 2.75) is 33.1 Å². The lowest BCUT2D eigenvalue weighted by molar-refractivity contribution is 0.318. The molecule has 0 aromatic carbocycles. The third-order valence-electron chi connectivity index (χ3n) is 2.54. The highest BCUT2D eigenvalue weighted by atomic mass is 32.2. The highest BCUT2D eigenvalue weighted by Gasteiger charge is 2.22. The van der Waals surface area contributed by atoms with E-state index in [0.29, 0.717) is 5.41 Å². The summed E-state index contributed by atoms with van der Waals surface area (Å²) in [7, 11) is 0. The minimum absolute atomic E-state index is 0.561. The highest BCUT2D eigenvalue weighted by molar-refractivity contribution is 8.07. The first-order valence-electron chi connectivity index (χ1n) is 4.63. The smallest absolute Gasteiger partial charge is 0.0509 e. The van der Waals surface area contributed by atoms with Crippen molar-refractivity contribution in [1.29, 1.82) is 0 Å². The van der Waals surface area contributed by atoms with Crippen LogP contribution in [0.1, 0.15) is 33.1 Å². The molecule has 72 valence electrons. The molecular formula is C9H19NS2. The normalized spacial score (nSPS) is 25.2. The second-order valence-electron chi connectivity index (χ2n) is 4.20. The molecule has 1 fully saturated rings. The van der Waals surface area contributed by atoms with Crippen molar-refractivity contribution in [3.8, 4) is 0 Å². The van der Waals surface area contributed by atoms with E-state index in [1.807, 2.05) is 11.9 Å². The maximum absolute atomic E-state index is 4.23. The molecule has 0 aromatic heterocycles. The Morgan fingerprint density at radius 1 is 1.33 bits per heavy atom. The van der Waals surface area contributed by atoms with Crippen LogP contribution in [0.2, 0.25) is 0 Å². The SMILES string of the molecule is CC1(C)CCCN(SCS)CC1. The van der Waals surface area contributed by atoms with Crippen LogP contribution >= 0.6 is 24.6 Å². The molecule has 12 heavy (non-hydrogen) atoms. The molecule has 0 aliphatic carbocycles. The lowest BCUT2D eigenvalue weighted by Gasteiger charge is -2.22. The van der Waals surface area contributed by atoms with Gasteiger partial charge < -0.3 is 0 Å². The van der Waals surface area contributed by atoms with Gasteiger partial charge in [-0.2, -0.15) is 12.6 Å². The van der Waals surface area contributed by atoms with Gasteiger partial charge in [0.25, 0.3) is 0 Å². The first kappa shape index (κ1) is 10.7. The quantitative estimate of drug-likeness (QED) is 0.419. The second-order valence-corrected chi connectivity index (χ2v) is 6.01. The van der Waals surface area contributed by atoms with E-state index in [0.717, 1.165) is 5.08 Å². The minimum atomic E-state index is 0.561. The van der Waals surface area contributed by atoms with Crippen molar-refractivity contribution in [1.82, 2.24) is 4.31 Å². The Bertz CT molecular complexity index is 136. The number of rotatable bonds is 2. The molecule has 0 spiro atoms. The Hall–Kier alpha value is 0.660. The van der Waals surface area contributed by atoms with Crippen LogP contribution in [-0.4, -0.2) is 22.5 Å². The zero-order valence-corrected chi connectivity index (χ0v) is 9.76. The fourth-order valence-electron chi connectivity index (χ4n) is 1.61. The molecule has 0 unspecified atom stereocenters. The van der Waals surface area contributed by atoms with Crippen LogP contribution in [0.15, 0.2) is 0 Å². The Balaban J connectivity index is 2.34. The van der Waals surface area contributed by atoms with Crippen molar-refractivity contribution in [2.24, 2.45) is 5.41 Å². The molecule has 1 aliphatic rings. The van der Waals surface area contributed by atoms with Crippen molar-refractivity contribution in [2.75, 3.05) is 18.2 Å². The molecule has 1 saturated heterocycles. The van der Waals surface area contributed by atoms with Crippen LogP contribution in [0.25, 0.3) is 0 Å². The van der Waals surface area contributed by atoms with Crippen LogP contribution < -0.4 is 0 Å². The first-order valence-corrected chi connectivity index (χ1v) is 6.20. The van der Waals surface area contributed by atoms with Crippen molar-refractivity contribution in [3.63, 3.8) is 0 Å². The molecule has 3 heteroatoms. The van der Waals surface area contributed by atoms with E-state index in [2.05, 4.69) is 30.8 Å². The van der Waals surface area contributed by atoms with Gasteiger partial charge in [0.1, 0.15) is 0 Å². The topological polar surface area (TPSA) is 3.24 Å². The van der Waals surface area contributed by atoms with E-state index >= 15 is 0 Å². The molecular weight excluding hydrogens is 186 g/mol. The third kappa shape index (κ3) is 3.58. The van der Waals surface area contributed by atoms with Crippen molar-refractivity contribution < 1.29 is 0 Å². The number of hydrogen-bond acceptors (Lipinski definition) is 3. The van der Waals surface area contributed by atoms with Gasteiger partial charge in [-0.3, -0.25) is 0 Å². The summed E-state index contributed by atoms with van der Waals surface area (Å²) in [6, 6.07) is 0. The van der Waals surface area contributed by atoms with Gasteiger partial charge in [0, 0.05) is 13.1 Å². The summed E-state index contributed by atoms with van der Waals surface area (Å²) in [5, 5.41) is 0.917. The highest BCUT2D eigenvalue weighted by Crippen LogP contribution is 2.31. The van der Waals surface area contributed by atoms with E-state index in [9.17, 15) is 0 Å². The van der Waals surface area contributed by atoms with Crippen molar-refractivity contribution in [3.05, 3.63) is 0 Å². The van der Waals surface area contributed by atoms with Crippen LogP contribution in [0, 0.1) is 5.41 Å². The zero-order valence-electron chi connectivity index (χ0n) is 8.05. The van der Waals surface area contributed by atoms with Crippen LogP contribution in [0.3, 0.4) is 0 Å². The summed E-state index contributed by atoms with van der Waals surface area (Å²) in [6.07, 6.45) is 4.04. The van der Waals surface area contributed by atoms with Gasteiger partial charge in [-0.25, -0.2) is 4.31 Å². The molecule has 0 N–H and O–H groups in total. The fraction of sp³-hybridized carbons (Fsp3) is 1.00. The average Bonchev–Trinajstić information content (AvgIpc) is 2.14. The van der Waals surface area contributed by atoms with Gasteiger partial charge in [0.15, 0.2) is 0 Å². The second kappa shape index (κ2) is 4.77. The number of hydrogen-bond donors (Lipinski definition) is 1. The van der Waals surface area contributed by atoms with E-state index in [4.69, 9.17) is 0 Å². The molecule has 0 atom stereocenters. The Morgan fingerprint density at radius 2 is 2.08 bits per heavy atom. The van der Waals surface area contributed by atoms with Crippen LogP contribution in [0.5, 0.6) is 0 Å². The molecule has 1 aliphatic heterocycles. The Labute approximate surface area is 85.8 Å². The lowest BCUT2D eigenvalue weighted by Crippen LogP contribution is -2.18. The lowest BCUT2D eigenvalue weighted by atomic mass is 9.85. The maximum atomic E-state index is 4.23. The summed E-state index contributed by atoms with van der Waals surface area (Å²) < 4.78 is 2.46. The molecule has 0 radical (unpaired) electrons. The molecule has 0 saturated carbocycles. The monoisotopic (exact) mass is 205 g/mol. The Morgan fingerprint density at radius 3 is 2.75 bits per heavy atom. The van der Waals surface area contributed by atoms with Crippen LogP contribution in [0.4, 0.5) is 0 Å². The molecule has 0 bridgehead atoms. The summed E-state index contributed by atoms with van der Waals surface area (Å²) in [6.45, 7) is 7.23. The van der Waals surface area contributed by atoms with Gasteiger partial charge in [-0.05, 0) is 24.7 Å². The summed E-state index contributed by atoms with van der Waals surface area (Å²) in [5.74, 6) is 0. The van der Waals surface area contributed by atoms with Gasteiger partial charge in [0.05, 0.1) is 5.08 Å². The first-order chi connectivity index (χ1) is 5.64. The Kier molecular flexibility index (Phi) is 4.27.